The summed E-state index contributed by atoms with van der Waals surface area (Å²) in [4.78, 5) is 6.67. The lowest BCUT2D eigenvalue weighted by atomic mass is 9.83. The Labute approximate surface area is 160 Å². The van der Waals surface area contributed by atoms with E-state index in [0.29, 0.717) is 41.0 Å². The summed E-state index contributed by atoms with van der Waals surface area (Å²) in [5.41, 5.74) is 0.306. The van der Waals surface area contributed by atoms with Gasteiger partial charge in [-0.15, -0.1) is 0 Å². The van der Waals surface area contributed by atoms with Crippen LogP contribution in [-0.2, 0) is 9.47 Å². The van der Waals surface area contributed by atoms with Crippen molar-refractivity contribution in [2.45, 2.75) is 19.1 Å². The summed E-state index contributed by atoms with van der Waals surface area (Å²) in [6.07, 6.45) is -0.249. The fourth-order valence-corrected chi connectivity index (χ4v) is 4.16. The van der Waals surface area contributed by atoms with Crippen molar-refractivity contribution in [3.8, 4) is 11.4 Å². The lowest BCUT2D eigenvalue weighted by Crippen LogP contribution is -2.55. The van der Waals surface area contributed by atoms with Gasteiger partial charge in [-0.05, 0) is 38.2 Å². The van der Waals surface area contributed by atoms with E-state index >= 15 is 0 Å². The van der Waals surface area contributed by atoms with Gasteiger partial charge in [-0.1, -0.05) is 21.1 Å². The van der Waals surface area contributed by atoms with Crippen molar-refractivity contribution in [3.63, 3.8) is 0 Å². The molecule has 9 heteroatoms. The number of aromatic nitrogens is 2. The minimum Gasteiger partial charge on any atom is -0.381 e. The third kappa shape index (κ3) is 3.58. The summed E-state index contributed by atoms with van der Waals surface area (Å²) in [6, 6.07) is 4.75. The largest absolute Gasteiger partial charge is 0.381 e. The van der Waals surface area contributed by atoms with Crippen molar-refractivity contribution < 1.29 is 18.4 Å². The van der Waals surface area contributed by atoms with E-state index in [1.807, 2.05) is 6.92 Å². The Morgan fingerprint density at radius 2 is 2.08 bits per heavy atom. The van der Waals surface area contributed by atoms with Crippen LogP contribution in [-0.4, -0.2) is 55.3 Å². The average Bonchev–Trinajstić information content (AvgIpc) is 3.05. The van der Waals surface area contributed by atoms with Crippen LogP contribution < -0.4 is 0 Å². The molecule has 0 amide bonds. The monoisotopic (exact) mass is 423 g/mol. The van der Waals surface area contributed by atoms with Crippen molar-refractivity contribution in [2.75, 3.05) is 26.3 Å². The number of hydrogen-bond donors (Lipinski definition) is 0. The second kappa shape index (κ2) is 7.38. The van der Waals surface area contributed by atoms with E-state index in [9.17, 15) is 4.39 Å². The molecule has 2 aliphatic rings. The number of halogens is 2. The zero-order valence-electron chi connectivity index (χ0n) is 14.7. The number of ether oxygens (including phenoxy) is 2. The zero-order chi connectivity index (χ0) is 18.3. The van der Waals surface area contributed by atoms with Gasteiger partial charge in [-0.3, -0.25) is 0 Å². The standard InChI is InChI=1S/C17H20BBrFN3O3/c1-9(25-15-10-5-23(18)6-11(15)8-24-7-10)17-21-16(22-26-17)13-3-2-12(19)4-14(13)20/h2-4,9-11,15H,5-8,18H2,1H3/t9-,10?,11?,15?/m1/s1. The fourth-order valence-electron chi connectivity index (χ4n) is 3.83. The molecule has 6 nitrogen and oxygen atoms in total. The number of nitrogens with zero attached hydrogens (tertiary/aromatic N) is 3. The first-order valence-corrected chi connectivity index (χ1v) is 9.51. The number of fused-ring (bicyclic) bond motifs is 2. The molecule has 0 radical (unpaired) electrons. The molecule has 2 saturated heterocycles. The first kappa shape index (κ1) is 18.1. The lowest BCUT2D eigenvalue weighted by Gasteiger charge is -2.46. The third-order valence-electron chi connectivity index (χ3n) is 5.01. The summed E-state index contributed by atoms with van der Waals surface area (Å²) < 4.78 is 32.1. The van der Waals surface area contributed by atoms with Gasteiger partial charge in [-0.25, -0.2) is 4.39 Å². The van der Waals surface area contributed by atoms with Gasteiger partial charge in [0.25, 0.3) is 5.89 Å². The number of benzene rings is 1. The average molecular weight is 424 g/mol. The molecular formula is C17H20BBrFN3O3. The summed E-state index contributed by atoms with van der Waals surface area (Å²) in [5, 5.41) is 3.92. The van der Waals surface area contributed by atoms with Crippen LogP contribution in [0.1, 0.15) is 18.9 Å². The molecule has 2 unspecified atom stereocenters. The molecule has 2 aromatic rings. The highest BCUT2D eigenvalue weighted by atomic mass is 79.9. The van der Waals surface area contributed by atoms with Crippen LogP contribution in [0.15, 0.2) is 27.2 Å². The Morgan fingerprint density at radius 1 is 1.35 bits per heavy atom. The number of hydrogen-bond acceptors (Lipinski definition) is 6. The molecule has 0 N–H and O–H groups in total. The van der Waals surface area contributed by atoms with Gasteiger partial charge in [0, 0.05) is 16.3 Å². The van der Waals surface area contributed by atoms with E-state index in [2.05, 4.69) is 38.9 Å². The van der Waals surface area contributed by atoms with Crippen molar-refractivity contribution in [1.82, 2.24) is 15.0 Å². The van der Waals surface area contributed by atoms with Crippen molar-refractivity contribution in [2.24, 2.45) is 11.8 Å². The Morgan fingerprint density at radius 3 is 2.77 bits per heavy atom. The quantitative estimate of drug-likeness (QED) is 0.702. The molecule has 0 spiro atoms. The van der Waals surface area contributed by atoms with Gasteiger partial charge in [0.05, 0.1) is 24.9 Å². The van der Waals surface area contributed by atoms with E-state index in [0.717, 1.165) is 13.1 Å². The van der Waals surface area contributed by atoms with Crippen molar-refractivity contribution in [3.05, 3.63) is 34.4 Å². The summed E-state index contributed by atoms with van der Waals surface area (Å²) in [5.74, 6) is 0.859. The molecule has 4 rings (SSSR count). The highest BCUT2D eigenvalue weighted by molar-refractivity contribution is 9.10. The van der Waals surface area contributed by atoms with E-state index in [-0.39, 0.29) is 18.0 Å². The van der Waals surface area contributed by atoms with Gasteiger partial charge in [0.2, 0.25) is 5.82 Å². The Hall–Kier alpha value is -1.29. The Balaban J connectivity index is 1.49. The smallest absolute Gasteiger partial charge is 0.255 e. The van der Waals surface area contributed by atoms with Gasteiger partial charge in [0.1, 0.15) is 11.9 Å². The number of rotatable bonds is 4. The number of piperidine rings is 1. The maximum Gasteiger partial charge on any atom is 0.255 e. The molecule has 2 aliphatic heterocycles. The first-order chi connectivity index (χ1) is 12.5. The van der Waals surface area contributed by atoms with Crippen LogP contribution in [0.2, 0.25) is 0 Å². The van der Waals surface area contributed by atoms with Crippen LogP contribution >= 0.6 is 15.9 Å². The molecule has 0 aliphatic carbocycles. The maximum absolute atomic E-state index is 14.1. The van der Waals surface area contributed by atoms with Crippen LogP contribution in [0.4, 0.5) is 4.39 Å². The van der Waals surface area contributed by atoms with Gasteiger partial charge >= 0.3 is 0 Å². The predicted molar refractivity (Wildman–Crippen MR) is 98.6 cm³/mol. The normalized spacial score (nSPS) is 27.4. The first-order valence-electron chi connectivity index (χ1n) is 8.72. The second-order valence-corrected chi connectivity index (χ2v) is 8.02. The summed E-state index contributed by atoms with van der Waals surface area (Å²) in [7, 11) is 2.13. The van der Waals surface area contributed by atoms with Crippen molar-refractivity contribution in [1.29, 1.82) is 0 Å². The van der Waals surface area contributed by atoms with E-state index < -0.39 is 5.82 Å². The molecule has 3 heterocycles. The van der Waals surface area contributed by atoms with Gasteiger partial charge < -0.3 is 18.8 Å². The van der Waals surface area contributed by atoms with Gasteiger partial charge in [-0.2, -0.15) is 4.98 Å². The minimum absolute atomic E-state index is 0.106. The Bertz CT molecular complexity index is 778. The molecule has 3 atom stereocenters. The van der Waals surface area contributed by atoms with Gasteiger partial charge in [0.15, 0.2) is 7.98 Å². The highest BCUT2D eigenvalue weighted by Crippen LogP contribution is 2.33. The molecule has 0 saturated carbocycles. The minimum atomic E-state index is -0.401. The summed E-state index contributed by atoms with van der Waals surface area (Å²) in [6.45, 7) is 5.21. The predicted octanol–water partition coefficient (Wildman–Crippen LogP) is 2.21. The molecule has 1 aromatic carbocycles. The lowest BCUT2D eigenvalue weighted by molar-refractivity contribution is -0.161. The molecule has 2 fully saturated rings. The molecular weight excluding hydrogens is 404 g/mol. The van der Waals surface area contributed by atoms with E-state index in [1.165, 1.54) is 6.07 Å². The fraction of sp³-hybridized carbons (Fsp3) is 0.529. The zero-order valence-corrected chi connectivity index (χ0v) is 16.3. The van der Waals surface area contributed by atoms with Crippen molar-refractivity contribution >= 4 is 23.9 Å². The molecule has 1 aromatic heterocycles. The molecule has 138 valence electrons. The Kier molecular flexibility index (Phi) is 5.14. The highest BCUT2D eigenvalue weighted by Gasteiger charge is 2.41. The van der Waals surface area contributed by atoms with Crippen LogP contribution in [0.3, 0.4) is 0 Å². The molecule has 2 bridgehead atoms. The third-order valence-corrected chi connectivity index (χ3v) is 5.50. The van der Waals surface area contributed by atoms with Crippen LogP contribution in [0.25, 0.3) is 11.4 Å². The second-order valence-electron chi connectivity index (χ2n) is 7.10. The maximum atomic E-state index is 14.1. The topological polar surface area (TPSA) is 60.6 Å². The summed E-state index contributed by atoms with van der Waals surface area (Å²) >= 11 is 3.24. The van der Waals surface area contributed by atoms with Crippen LogP contribution in [0, 0.1) is 17.7 Å². The molecule has 26 heavy (non-hydrogen) atoms. The SMILES string of the molecule is BN1CC2COCC(C1)C2O[C@H](C)c1nc(-c2ccc(Br)cc2F)no1. The van der Waals surface area contributed by atoms with E-state index in [1.54, 1.807) is 12.1 Å². The van der Waals surface area contributed by atoms with Crippen LogP contribution in [0.5, 0.6) is 0 Å². The van der Waals surface area contributed by atoms with E-state index in [4.69, 9.17) is 14.0 Å².